The lowest BCUT2D eigenvalue weighted by Crippen LogP contribution is -2.31. The number of benzene rings is 2. The molecule has 3 aromatic rings. The molecule has 0 aliphatic heterocycles. The molecule has 0 radical (unpaired) electrons. The molecule has 1 N–H and O–H groups in total. The molecule has 0 aliphatic rings. The highest BCUT2D eigenvalue weighted by atomic mass is 32.2. The SMILES string of the molecule is CCOC(=O)C(C)(C)c1ccc2[nH]c(-c3ccc(S(C)=O)cc3)cc2c1. The van der Waals surface area contributed by atoms with Crippen molar-refractivity contribution in [3.8, 4) is 11.3 Å². The van der Waals surface area contributed by atoms with Gasteiger partial charge in [0.05, 0.1) is 12.0 Å². The fraction of sp³-hybridized carbons (Fsp3) is 0.286. The normalized spacial score (nSPS) is 12.9. The van der Waals surface area contributed by atoms with Crippen LogP contribution in [-0.4, -0.2) is 28.0 Å². The van der Waals surface area contributed by atoms with Gasteiger partial charge in [0.1, 0.15) is 0 Å². The summed E-state index contributed by atoms with van der Waals surface area (Å²) in [6.45, 7) is 5.94. The summed E-state index contributed by atoms with van der Waals surface area (Å²) < 4.78 is 16.7. The van der Waals surface area contributed by atoms with Crippen molar-refractivity contribution in [3.05, 3.63) is 54.1 Å². The van der Waals surface area contributed by atoms with Gasteiger partial charge in [-0.2, -0.15) is 0 Å². The zero-order chi connectivity index (χ0) is 18.9. The van der Waals surface area contributed by atoms with Gasteiger partial charge in [0, 0.05) is 38.5 Å². The Kier molecular flexibility index (Phi) is 5.01. The van der Waals surface area contributed by atoms with Gasteiger partial charge >= 0.3 is 5.97 Å². The van der Waals surface area contributed by atoms with Crippen LogP contribution in [0, 0.1) is 0 Å². The van der Waals surface area contributed by atoms with Crippen molar-refractivity contribution in [2.75, 3.05) is 12.9 Å². The zero-order valence-corrected chi connectivity index (χ0v) is 16.3. The third-order valence-electron chi connectivity index (χ3n) is 4.63. The lowest BCUT2D eigenvalue weighted by molar-refractivity contribution is -0.148. The van der Waals surface area contributed by atoms with Crippen LogP contribution in [0.5, 0.6) is 0 Å². The standard InChI is InChI=1S/C21H23NO3S/c1-5-25-20(23)21(2,3)16-8-11-18-15(12-16)13-19(22-18)14-6-9-17(10-7-14)26(4)24/h6-13,22H,5H2,1-4H3. The molecule has 5 heteroatoms. The number of hydrogen-bond donors (Lipinski definition) is 1. The van der Waals surface area contributed by atoms with Crippen molar-refractivity contribution in [3.63, 3.8) is 0 Å². The van der Waals surface area contributed by atoms with Crippen LogP contribution in [0.15, 0.2) is 53.4 Å². The van der Waals surface area contributed by atoms with Gasteiger partial charge < -0.3 is 9.72 Å². The van der Waals surface area contributed by atoms with E-state index in [0.29, 0.717) is 6.61 Å². The number of H-pyrrole nitrogens is 1. The number of carbonyl (C=O) groups excluding carboxylic acids is 1. The van der Waals surface area contributed by atoms with Crippen molar-refractivity contribution < 1.29 is 13.7 Å². The number of esters is 1. The lowest BCUT2D eigenvalue weighted by Gasteiger charge is -2.22. The van der Waals surface area contributed by atoms with E-state index in [2.05, 4.69) is 11.1 Å². The zero-order valence-electron chi connectivity index (χ0n) is 15.5. The molecule has 0 aliphatic carbocycles. The number of nitrogens with one attached hydrogen (secondary N) is 1. The van der Waals surface area contributed by atoms with Crippen LogP contribution in [0.3, 0.4) is 0 Å². The summed E-state index contributed by atoms with van der Waals surface area (Å²) >= 11 is 0. The van der Waals surface area contributed by atoms with Gasteiger partial charge in [0.15, 0.2) is 0 Å². The molecule has 1 unspecified atom stereocenters. The molecule has 0 spiro atoms. The average Bonchev–Trinajstić information content (AvgIpc) is 3.05. The fourth-order valence-corrected chi connectivity index (χ4v) is 3.45. The van der Waals surface area contributed by atoms with E-state index < -0.39 is 16.2 Å². The number of aromatic nitrogens is 1. The van der Waals surface area contributed by atoms with E-state index in [1.54, 1.807) is 6.26 Å². The number of fused-ring (bicyclic) bond motifs is 1. The van der Waals surface area contributed by atoms with Gasteiger partial charge in [-0.1, -0.05) is 18.2 Å². The van der Waals surface area contributed by atoms with Crippen LogP contribution in [0.4, 0.5) is 0 Å². The maximum Gasteiger partial charge on any atom is 0.315 e. The molecule has 3 rings (SSSR count). The maximum absolute atomic E-state index is 12.3. The summed E-state index contributed by atoms with van der Waals surface area (Å²) in [5, 5.41) is 1.04. The third kappa shape index (κ3) is 3.44. The molecule has 1 aromatic heterocycles. The minimum atomic E-state index is -0.982. The van der Waals surface area contributed by atoms with Gasteiger partial charge in [0.2, 0.25) is 0 Å². The van der Waals surface area contributed by atoms with Crippen LogP contribution >= 0.6 is 0 Å². The molecule has 2 aromatic carbocycles. The second-order valence-electron chi connectivity index (χ2n) is 6.81. The topological polar surface area (TPSA) is 59.2 Å². The Morgan fingerprint density at radius 2 is 1.81 bits per heavy atom. The summed E-state index contributed by atoms with van der Waals surface area (Å²) in [7, 11) is -0.982. The summed E-state index contributed by atoms with van der Waals surface area (Å²) in [6.07, 6.45) is 1.67. The van der Waals surface area contributed by atoms with Gasteiger partial charge in [-0.05, 0) is 62.2 Å². The van der Waals surface area contributed by atoms with E-state index in [1.807, 2.05) is 63.2 Å². The third-order valence-corrected chi connectivity index (χ3v) is 5.56. The second-order valence-corrected chi connectivity index (χ2v) is 8.19. The first-order chi connectivity index (χ1) is 12.3. The van der Waals surface area contributed by atoms with Crippen molar-refractivity contribution in [1.82, 2.24) is 4.98 Å². The van der Waals surface area contributed by atoms with Gasteiger partial charge in [-0.15, -0.1) is 0 Å². The van der Waals surface area contributed by atoms with Crippen LogP contribution in [-0.2, 0) is 25.7 Å². The first kappa shape index (κ1) is 18.4. The molecular weight excluding hydrogens is 346 g/mol. The Bertz CT molecular complexity index is 971. The van der Waals surface area contributed by atoms with Gasteiger partial charge in [-0.3, -0.25) is 9.00 Å². The van der Waals surface area contributed by atoms with Crippen molar-refractivity contribution >= 4 is 27.7 Å². The van der Waals surface area contributed by atoms with Crippen molar-refractivity contribution in [1.29, 1.82) is 0 Å². The molecule has 0 bridgehead atoms. The predicted octanol–water partition coefficient (Wildman–Crippen LogP) is 4.41. The minimum absolute atomic E-state index is 0.224. The number of ether oxygens (including phenoxy) is 1. The van der Waals surface area contributed by atoms with Gasteiger partial charge in [0.25, 0.3) is 0 Å². The maximum atomic E-state index is 12.3. The number of carbonyl (C=O) groups is 1. The first-order valence-corrected chi connectivity index (χ1v) is 10.1. The Balaban J connectivity index is 1.97. The smallest absolute Gasteiger partial charge is 0.315 e. The van der Waals surface area contributed by atoms with Crippen molar-refractivity contribution in [2.45, 2.75) is 31.1 Å². The lowest BCUT2D eigenvalue weighted by atomic mass is 9.84. The minimum Gasteiger partial charge on any atom is -0.465 e. The highest BCUT2D eigenvalue weighted by molar-refractivity contribution is 7.84. The highest BCUT2D eigenvalue weighted by Gasteiger charge is 2.31. The first-order valence-electron chi connectivity index (χ1n) is 8.57. The molecule has 0 saturated carbocycles. The number of hydrogen-bond acceptors (Lipinski definition) is 3. The molecular formula is C21H23NO3S. The number of aromatic amines is 1. The highest BCUT2D eigenvalue weighted by Crippen LogP contribution is 2.30. The molecule has 4 nitrogen and oxygen atoms in total. The monoisotopic (exact) mass is 369 g/mol. The van der Waals surface area contributed by atoms with E-state index in [9.17, 15) is 9.00 Å². The molecule has 0 amide bonds. The van der Waals surface area contributed by atoms with E-state index in [1.165, 1.54) is 0 Å². The molecule has 26 heavy (non-hydrogen) atoms. The predicted molar refractivity (Wildman–Crippen MR) is 106 cm³/mol. The van der Waals surface area contributed by atoms with E-state index in [0.717, 1.165) is 32.6 Å². The Morgan fingerprint density at radius 1 is 1.12 bits per heavy atom. The largest absolute Gasteiger partial charge is 0.465 e. The Labute approximate surface area is 156 Å². The van der Waals surface area contributed by atoms with Crippen LogP contribution < -0.4 is 0 Å². The Morgan fingerprint density at radius 3 is 2.42 bits per heavy atom. The van der Waals surface area contributed by atoms with Crippen LogP contribution in [0.2, 0.25) is 0 Å². The average molecular weight is 369 g/mol. The van der Waals surface area contributed by atoms with Crippen LogP contribution in [0.25, 0.3) is 22.2 Å². The summed E-state index contributed by atoms with van der Waals surface area (Å²) in [5.41, 5.74) is 3.24. The fourth-order valence-electron chi connectivity index (χ4n) is 2.93. The molecule has 1 heterocycles. The summed E-state index contributed by atoms with van der Waals surface area (Å²) in [5.74, 6) is -0.224. The molecule has 0 fully saturated rings. The van der Waals surface area contributed by atoms with E-state index >= 15 is 0 Å². The summed E-state index contributed by atoms with van der Waals surface area (Å²) in [6, 6.07) is 15.7. The Hall–Kier alpha value is -2.40. The molecule has 1 atom stereocenters. The van der Waals surface area contributed by atoms with Crippen LogP contribution in [0.1, 0.15) is 26.3 Å². The molecule has 0 saturated heterocycles. The quantitative estimate of drug-likeness (QED) is 0.678. The van der Waals surface area contributed by atoms with Gasteiger partial charge in [-0.25, -0.2) is 0 Å². The second kappa shape index (κ2) is 7.08. The van der Waals surface area contributed by atoms with Crippen molar-refractivity contribution in [2.24, 2.45) is 0 Å². The number of rotatable bonds is 5. The van der Waals surface area contributed by atoms with E-state index in [4.69, 9.17) is 4.74 Å². The summed E-state index contributed by atoms with van der Waals surface area (Å²) in [4.78, 5) is 16.5. The van der Waals surface area contributed by atoms with E-state index in [-0.39, 0.29) is 5.97 Å². The molecule has 136 valence electrons.